The van der Waals surface area contributed by atoms with Gasteiger partial charge in [-0.3, -0.25) is 4.79 Å². The van der Waals surface area contributed by atoms with Crippen LogP contribution in [-0.4, -0.2) is 30.4 Å². The molecule has 1 unspecified atom stereocenters. The quantitative estimate of drug-likeness (QED) is 0.846. The van der Waals surface area contributed by atoms with Gasteiger partial charge in [0, 0.05) is 18.0 Å². The van der Waals surface area contributed by atoms with Crippen LogP contribution in [-0.2, 0) is 4.79 Å². The summed E-state index contributed by atoms with van der Waals surface area (Å²) in [4.78, 5) is 13.9. The van der Waals surface area contributed by atoms with Crippen molar-refractivity contribution in [3.8, 4) is 6.07 Å². The summed E-state index contributed by atoms with van der Waals surface area (Å²) in [5.74, 6) is -1.08. The van der Waals surface area contributed by atoms with Gasteiger partial charge in [-0.2, -0.15) is 5.26 Å². The average molecular weight is 262 g/mol. The second-order valence-electron chi connectivity index (χ2n) is 4.24. The number of hydrogen-bond acceptors (Lipinski definition) is 4. The van der Waals surface area contributed by atoms with E-state index in [4.69, 9.17) is 5.11 Å². The molecule has 0 radical (unpaired) electrons. The van der Waals surface area contributed by atoms with E-state index in [9.17, 15) is 10.1 Å². The number of anilines is 1. The molecule has 1 aliphatic heterocycles. The van der Waals surface area contributed by atoms with Crippen LogP contribution in [0.3, 0.4) is 0 Å². The molecule has 2 rings (SSSR count). The van der Waals surface area contributed by atoms with E-state index in [1.54, 1.807) is 0 Å². The minimum absolute atomic E-state index is 0.325. The molecule has 1 fully saturated rings. The Morgan fingerprint density at radius 2 is 2.39 bits per heavy atom. The monoisotopic (exact) mass is 262 g/mol. The van der Waals surface area contributed by atoms with Gasteiger partial charge in [0.2, 0.25) is 0 Å². The summed E-state index contributed by atoms with van der Waals surface area (Å²) in [5.41, 5.74) is 1.50. The van der Waals surface area contributed by atoms with Gasteiger partial charge in [-0.15, -0.1) is 11.8 Å². The maximum Gasteiger partial charge on any atom is 0.308 e. The molecule has 0 spiro atoms. The van der Waals surface area contributed by atoms with Crippen molar-refractivity contribution >= 4 is 23.4 Å². The van der Waals surface area contributed by atoms with Crippen molar-refractivity contribution in [1.82, 2.24) is 0 Å². The van der Waals surface area contributed by atoms with Crippen LogP contribution in [0, 0.1) is 17.2 Å². The van der Waals surface area contributed by atoms with Crippen molar-refractivity contribution in [3.05, 3.63) is 23.8 Å². The summed E-state index contributed by atoms with van der Waals surface area (Å²) in [6.45, 7) is 1.19. The first-order valence-corrected chi connectivity index (χ1v) is 6.94. The molecule has 1 aliphatic rings. The maximum atomic E-state index is 11.0. The number of carbonyl (C=O) groups is 1. The number of benzene rings is 1. The van der Waals surface area contributed by atoms with Gasteiger partial charge < -0.3 is 10.0 Å². The lowest BCUT2D eigenvalue weighted by Gasteiger charge is -2.20. The third-order valence-corrected chi connectivity index (χ3v) is 3.99. The SMILES string of the molecule is CSc1cccc(N2CCC(C(=O)O)C2)c1C#N. The highest BCUT2D eigenvalue weighted by molar-refractivity contribution is 7.98. The van der Waals surface area contributed by atoms with Gasteiger partial charge in [0.25, 0.3) is 0 Å². The average Bonchev–Trinajstić information content (AvgIpc) is 2.87. The lowest BCUT2D eigenvalue weighted by molar-refractivity contribution is -0.140. The summed E-state index contributed by atoms with van der Waals surface area (Å²) in [5, 5.41) is 18.3. The Morgan fingerprint density at radius 1 is 1.61 bits per heavy atom. The van der Waals surface area contributed by atoms with Gasteiger partial charge >= 0.3 is 5.97 Å². The zero-order chi connectivity index (χ0) is 13.1. The molecular formula is C13H14N2O2S. The predicted molar refractivity (Wildman–Crippen MR) is 70.9 cm³/mol. The van der Waals surface area contributed by atoms with Crippen LogP contribution in [0.1, 0.15) is 12.0 Å². The molecule has 0 bridgehead atoms. The molecule has 0 saturated carbocycles. The van der Waals surface area contributed by atoms with Crippen LogP contribution < -0.4 is 4.90 Å². The maximum absolute atomic E-state index is 11.0. The molecule has 1 aromatic rings. The van der Waals surface area contributed by atoms with E-state index in [1.807, 2.05) is 29.4 Å². The third kappa shape index (κ3) is 2.29. The Labute approximate surface area is 110 Å². The molecule has 1 atom stereocenters. The van der Waals surface area contributed by atoms with E-state index in [0.717, 1.165) is 10.6 Å². The van der Waals surface area contributed by atoms with Crippen LogP contribution in [0.2, 0.25) is 0 Å². The summed E-state index contributed by atoms with van der Waals surface area (Å²) in [6, 6.07) is 7.94. The second-order valence-corrected chi connectivity index (χ2v) is 5.08. The zero-order valence-corrected chi connectivity index (χ0v) is 10.9. The van der Waals surface area contributed by atoms with Crippen LogP contribution in [0.5, 0.6) is 0 Å². The second kappa shape index (κ2) is 5.32. The molecule has 0 aromatic heterocycles. The first kappa shape index (κ1) is 12.8. The minimum atomic E-state index is -0.753. The lowest BCUT2D eigenvalue weighted by atomic mass is 10.1. The Kier molecular flexibility index (Phi) is 3.78. The van der Waals surface area contributed by atoms with E-state index in [1.165, 1.54) is 11.8 Å². The largest absolute Gasteiger partial charge is 0.481 e. The molecule has 1 saturated heterocycles. The van der Waals surface area contributed by atoms with Gasteiger partial charge in [0.1, 0.15) is 6.07 Å². The molecule has 0 aliphatic carbocycles. The van der Waals surface area contributed by atoms with Crippen LogP contribution in [0.25, 0.3) is 0 Å². The van der Waals surface area contributed by atoms with Gasteiger partial charge in [0.15, 0.2) is 0 Å². The fraction of sp³-hybridized carbons (Fsp3) is 0.385. The van der Waals surface area contributed by atoms with Crippen molar-refractivity contribution < 1.29 is 9.90 Å². The molecular weight excluding hydrogens is 248 g/mol. The molecule has 94 valence electrons. The van der Waals surface area contributed by atoms with Gasteiger partial charge in [-0.05, 0) is 24.8 Å². The van der Waals surface area contributed by atoms with E-state index >= 15 is 0 Å². The van der Waals surface area contributed by atoms with E-state index in [0.29, 0.717) is 25.1 Å². The van der Waals surface area contributed by atoms with Crippen molar-refractivity contribution in [2.45, 2.75) is 11.3 Å². The number of rotatable bonds is 3. The van der Waals surface area contributed by atoms with Gasteiger partial charge in [-0.25, -0.2) is 0 Å². The Bertz CT molecular complexity index is 510. The number of carboxylic acids is 1. The highest BCUT2D eigenvalue weighted by Gasteiger charge is 2.29. The highest BCUT2D eigenvalue weighted by Crippen LogP contribution is 2.32. The first-order chi connectivity index (χ1) is 8.67. The van der Waals surface area contributed by atoms with Crippen molar-refractivity contribution in [3.63, 3.8) is 0 Å². The topological polar surface area (TPSA) is 64.3 Å². The Morgan fingerprint density at radius 3 is 2.94 bits per heavy atom. The number of carboxylic acid groups (broad SMARTS) is 1. The highest BCUT2D eigenvalue weighted by atomic mass is 32.2. The fourth-order valence-corrected chi connectivity index (χ4v) is 2.82. The van der Waals surface area contributed by atoms with Crippen LogP contribution in [0.4, 0.5) is 5.69 Å². The normalized spacial score (nSPS) is 18.7. The van der Waals surface area contributed by atoms with Crippen molar-refractivity contribution in [2.75, 3.05) is 24.2 Å². The number of aliphatic carboxylic acids is 1. The van der Waals surface area contributed by atoms with Crippen LogP contribution in [0.15, 0.2) is 23.1 Å². The fourth-order valence-electron chi connectivity index (χ4n) is 2.25. The third-order valence-electron chi connectivity index (χ3n) is 3.21. The summed E-state index contributed by atoms with van der Waals surface area (Å²) in [7, 11) is 0. The standard InChI is InChI=1S/C13H14N2O2S/c1-18-12-4-2-3-11(10(12)7-14)15-6-5-9(8-15)13(16)17/h2-4,9H,5-6,8H2,1H3,(H,16,17). The Hall–Kier alpha value is -1.67. The van der Waals surface area contributed by atoms with Gasteiger partial charge in [0.05, 0.1) is 17.2 Å². The first-order valence-electron chi connectivity index (χ1n) is 5.72. The number of nitriles is 1. The zero-order valence-electron chi connectivity index (χ0n) is 10.1. The van der Waals surface area contributed by atoms with E-state index in [2.05, 4.69) is 6.07 Å². The minimum Gasteiger partial charge on any atom is -0.481 e. The van der Waals surface area contributed by atoms with E-state index < -0.39 is 5.97 Å². The van der Waals surface area contributed by atoms with Crippen molar-refractivity contribution in [1.29, 1.82) is 5.26 Å². The van der Waals surface area contributed by atoms with E-state index in [-0.39, 0.29) is 5.92 Å². The van der Waals surface area contributed by atoms with Crippen LogP contribution >= 0.6 is 11.8 Å². The molecule has 4 nitrogen and oxygen atoms in total. The number of nitrogens with zero attached hydrogens (tertiary/aromatic N) is 2. The van der Waals surface area contributed by atoms with Gasteiger partial charge in [-0.1, -0.05) is 6.07 Å². The number of hydrogen-bond donors (Lipinski definition) is 1. The van der Waals surface area contributed by atoms with Crippen molar-refractivity contribution in [2.24, 2.45) is 5.92 Å². The lowest BCUT2D eigenvalue weighted by Crippen LogP contribution is -2.23. The summed E-state index contributed by atoms with van der Waals surface area (Å²) < 4.78 is 0. The molecule has 18 heavy (non-hydrogen) atoms. The number of thioether (sulfide) groups is 1. The predicted octanol–water partition coefficient (Wildman–Crippen LogP) is 2.19. The molecule has 1 aromatic carbocycles. The Balaban J connectivity index is 2.30. The molecule has 5 heteroatoms. The molecule has 1 N–H and O–H groups in total. The molecule has 0 amide bonds. The molecule has 1 heterocycles. The summed E-state index contributed by atoms with van der Waals surface area (Å²) in [6.07, 6.45) is 2.58. The smallest absolute Gasteiger partial charge is 0.308 e. The summed E-state index contributed by atoms with van der Waals surface area (Å²) >= 11 is 1.53.